The third kappa shape index (κ3) is 2.80. The maximum absolute atomic E-state index is 12.2. The summed E-state index contributed by atoms with van der Waals surface area (Å²) in [5.41, 5.74) is 3.90. The molecule has 0 spiro atoms. The van der Waals surface area contributed by atoms with Crippen molar-refractivity contribution in [2.45, 2.75) is 0 Å². The number of carbonyl (C=O) groups is 1. The number of aromatic nitrogens is 1. The molecular formula is C13H14N4O2. The number of pyridine rings is 1. The van der Waals surface area contributed by atoms with Gasteiger partial charge in [-0.1, -0.05) is 12.1 Å². The largest absolute Gasteiger partial charge is 0.495 e. The van der Waals surface area contributed by atoms with Crippen molar-refractivity contribution in [2.24, 2.45) is 5.84 Å². The van der Waals surface area contributed by atoms with Gasteiger partial charge in [0.1, 0.15) is 5.75 Å². The number of anilines is 2. The molecule has 1 heterocycles. The lowest BCUT2D eigenvalue weighted by molar-refractivity contribution is 0.102. The van der Waals surface area contributed by atoms with Gasteiger partial charge in [0.05, 0.1) is 24.0 Å². The van der Waals surface area contributed by atoms with Crippen molar-refractivity contribution >= 4 is 17.3 Å². The second kappa shape index (κ2) is 5.83. The zero-order chi connectivity index (χ0) is 13.7. The SMILES string of the molecule is COc1ccccc1NC(=O)c1cnccc1NN. The molecule has 0 fully saturated rings. The number of nitrogens with two attached hydrogens (primary N) is 1. The van der Waals surface area contributed by atoms with Gasteiger partial charge in [-0.2, -0.15) is 0 Å². The summed E-state index contributed by atoms with van der Waals surface area (Å²) in [6.45, 7) is 0. The van der Waals surface area contributed by atoms with Crippen molar-refractivity contribution in [2.75, 3.05) is 17.9 Å². The summed E-state index contributed by atoms with van der Waals surface area (Å²) >= 11 is 0. The van der Waals surface area contributed by atoms with Crippen molar-refractivity contribution in [1.29, 1.82) is 0 Å². The van der Waals surface area contributed by atoms with Crippen LogP contribution in [-0.2, 0) is 0 Å². The van der Waals surface area contributed by atoms with E-state index in [2.05, 4.69) is 15.7 Å². The number of amides is 1. The number of nitrogen functional groups attached to an aromatic ring is 1. The van der Waals surface area contributed by atoms with Crippen LogP contribution >= 0.6 is 0 Å². The van der Waals surface area contributed by atoms with Crippen molar-refractivity contribution < 1.29 is 9.53 Å². The van der Waals surface area contributed by atoms with E-state index < -0.39 is 0 Å². The van der Waals surface area contributed by atoms with Crippen LogP contribution < -0.4 is 21.3 Å². The number of nitrogens with zero attached hydrogens (tertiary/aromatic N) is 1. The predicted octanol–water partition coefficient (Wildman–Crippen LogP) is 1.63. The van der Waals surface area contributed by atoms with Crippen molar-refractivity contribution in [3.05, 3.63) is 48.3 Å². The summed E-state index contributed by atoms with van der Waals surface area (Å²) < 4.78 is 5.17. The maximum Gasteiger partial charge on any atom is 0.259 e. The number of methoxy groups -OCH3 is 1. The van der Waals surface area contributed by atoms with E-state index in [9.17, 15) is 4.79 Å². The van der Waals surface area contributed by atoms with Crippen LogP contribution in [-0.4, -0.2) is 18.0 Å². The van der Waals surface area contributed by atoms with Gasteiger partial charge >= 0.3 is 0 Å². The second-order valence-corrected chi connectivity index (χ2v) is 3.72. The van der Waals surface area contributed by atoms with Crippen LogP contribution in [0.25, 0.3) is 0 Å². The number of hydrogen-bond acceptors (Lipinski definition) is 5. The number of para-hydroxylation sites is 2. The van der Waals surface area contributed by atoms with Crippen LogP contribution in [0.3, 0.4) is 0 Å². The molecule has 0 atom stereocenters. The Labute approximate surface area is 110 Å². The summed E-state index contributed by atoms with van der Waals surface area (Å²) in [6.07, 6.45) is 3.00. The van der Waals surface area contributed by atoms with Gasteiger partial charge in [0.2, 0.25) is 0 Å². The molecule has 0 radical (unpaired) electrons. The standard InChI is InChI=1S/C13H14N4O2/c1-19-12-5-3-2-4-11(12)16-13(18)9-8-15-7-6-10(9)17-14/h2-8H,14H2,1H3,(H,15,17)(H,16,18). The molecule has 6 nitrogen and oxygen atoms in total. The highest BCUT2D eigenvalue weighted by Crippen LogP contribution is 2.24. The molecule has 1 aromatic heterocycles. The van der Waals surface area contributed by atoms with E-state index in [1.54, 1.807) is 31.5 Å². The minimum absolute atomic E-state index is 0.314. The fraction of sp³-hybridized carbons (Fsp3) is 0.0769. The third-order valence-electron chi connectivity index (χ3n) is 2.58. The number of rotatable bonds is 4. The molecule has 1 aromatic carbocycles. The topological polar surface area (TPSA) is 89.3 Å². The van der Waals surface area contributed by atoms with Crippen LogP contribution in [0, 0.1) is 0 Å². The Morgan fingerprint density at radius 1 is 1.26 bits per heavy atom. The van der Waals surface area contributed by atoms with E-state index in [-0.39, 0.29) is 5.91 Å². The predicted molar refractivity (Wildman–Crippen MR) is 73.0 cm³/mol. The summed E-state index contributed by atoms with van der Waals surface area (Å²) in [7, 11) is 1.54. The van der Waals surface area contributed by atoms with E-state index in [0.29, 0.717) is 22.7 Å². The summed E-state index contributed by atoms with van der Waals surface area (Å²) in [4.78, 5) is 16.1. The smallest absolute Gasteiger partial charge is 0.259 e. The van der Waals surface area contributed by atoms with Gasteiger partial charge in [0.15, 0.2) is 0 Å². The average Bonchev–Trinajstić information content (AvgIpc) is 2.47. The number of ether oxygens (including phenoxy) is 1. The molecule has 1 amide bonds. The molecule has 0 unspecified atom stereocenters. The molecule has 6 heteroatoms. The van der Waals surface area contributed by atoms with Crippen LogP contribution in [0.5, 0.6) is 5.75 Å². The van der Waals surface area contributed by atoms with Crippen LogP contribution in [0.2, 0.25) is 0 Å². The fourth-order valence-corrected chi connectivity index (χ4v) is 1.64. The molecule has 0 aliphatic carbocycles. The Morgan fingerprint density at radius 2 is 2.05 bits per heavy atom. The van der Waals surface area contributed by atoms with Gasteiger partial charge in [-0.15, -0.1) is 0 Å². The van der Waals surface area contributed by atoms with Gasteiger partial charge in [0.25, 0.3) is 5.91 Å². The first-order valence-electron chi connectivity index (χ1n) is 5.61. The normalized spacial score (nSPS) is 9.79. The quantitative estimate of drug-likeness (QED) is 0.573. The molecule has 0 saturated heterocycles. The number of hydrogen-bond donors (Lipinski definition) is 3. The van der Waals surface area contributed by atoms with Crippen molar-refractivity contribution in [3.63, 3.8) is 0 Å². The first-order valence-corrected chi connectivity index (χ1v) is 5.61. The molecule has 98 valence electrons. The zero-order valence-electron chi connectivity index (χ0n) is 10.4. The number of hydrazine groups is 1. The van der Waals surface area contributed by atoms with E-state index in [1.165, 1.54) is 6.20 Å². The van der Waals surface area contributed by atoms with Crippen molar-refractivity contribution in [3.8, 4) is 5.75 Å². The van der Waals surface area contributed by atoms with E-state index in [4.69, 9.17) is 10.6 Å². The van der Waals surface area contributed by atoms with Crippen LogP contribution in [0.1, 0.15) is 10.4 Å². The lowest BCUT2D eigenvalue weighted by Crippen LogP contribution is -2.17. The van der Waals surface area contributed by atoms with Crippen LogP contribution in [0.4, 0.5) is 11.4 Å². The summed E-state index contributed by atoms with van der Waals surface area (Å²) in [5, 5.41) is 2.75. The molecule has 19 heavy (non-hydrogen) atoms. The molecule has 0 aliphatic heterocycles. The van der Waals surface area contributed by atoms with Crippen LogP contribution in [0.15, 0.2) is 42.7 Å². The molecule has 0 aliphatic rings. The second-order valence-electron chi connectivity index (χ2n) is 3.72. The minimum Gasteiger partial charge on any atom is -0.495 e. The summed E-state index contributed by atoms with van der Waals surface area (Å²) in [5.74, 6) is 5.63. The monoisotopic (exact) mass is 258 g/mol. The first kappa shape index (κ1) is 12.8. The molecule has 2 aromatic rings. The fourth-order valence-electron chi connectivity index (χ4n) is 1.64. The number of nitrogens with one attached hydrogen (secondary N) is 2. The third-order valence-corrected chi connectivity index (χ3v) is 2.58. The van der Waals surface area contributed by atoms with Gasteiger partial charge in [-0.05, 0) is 18.2 Å². The molecule has 4 N–H and O–H groups in total. The van der Waals surface area contributed by atoms with Gasteiger partial charge in [-0.25, -0.2) is 0 Å². The zero-order valence-corrected chi connectivity index (χ0v) is 10.4. The molecule has 0 saturated carbocycles. The highest BCUT2D eigenvalue weighted by Gasteiger charge is 2.13. The summed E-state index contributed by atoms with van der Waals surface area (Å²) in [6, 6.07) is 8.77. The lowest BCUT2D eigenvalue weighted by Gasteiger charge is -2.11. The minimum atomic E-state index is -0.314. The molecule has 0 bridgehead atoms. The van der Waals surface area contributed by atoms with Crippen molar-refractivity contribution in [1.82, 2.24) is 4.98 Å². The lowest BCUT2D eigenvalue weighted by atomic mass is 10.2. The van der Waals surface area contributed by atoms with Gasteiger partial charge in [0, 0.05) is 12.4 Å². The van der Waals surface area contributed by atoms with E-state index >= 15 is 0 Å². The molecule has 2 rings (SSSR count). The molecular weight excluding hydrogens is 244 g/mol. The van der Waals surface area contributed by atoms with E-state index in [1.807, 2.05) is 12.1 Å². The number of carbonyl (C=O) groups excluding carboxylic acids is 1. The number of benzene rings is 1. The Hall–Kier alpha value is -2.60. The first-order chi connectivity index (χ1) is 9.26. The van der Waals surface area contributed by atoms with E-state index in [0.717, 1.165) is 0 Å². The Balaban J connectivity index is 2.26. The maximum atomic E-state index is 12.2. The van der Waals surface area contributed by atoms with Gasteiger partial charge in [-0.3, -0.25) is 15.6 Å². The Bertz CT molecular complexity index is 586. The Morgan fingerprint density at radius 3 is 2.79 bits per heavy atom. The van der Waals surface area contributed by atoms with Gasteiger partial charge < -0.3 is 15.5 Å². The highest BCUT2D eigenvalue weighted by atomic mass is 16.5. The highest BCUT2D eigenvalue weighted by molar-refractivity contribution is 6.08. The average molecular weight is 258 g/mol. The Kier molecular flexibility index (Phi) is 3.94.